The van der Waals surface area contributed by atoms with Crippen molar-refractivity contribution in [2.45, 2.75) is 4.90 Å². The van der Waals surface area contributed by atoms with E-state index in [0.717, 1.165) is 0 Å². The van der Waals surface area contributed by atoms with Crippen molar-refractivity contribution in [3.05, 3.63) is 54.4 Å². The first-order chi connectivity index (χ1) is 13.0. The van der Waals surface area contributed by atoms with Crippen molar-refractivity contribution in [2.24, 2.45) is 0 Å². The lowest BCUT2D eigenvalue weighted by atomic mass is 10.1. The number of benzene rings is 2. The van der Waals surface area contributed by atoms with E-state index in [-0.39, 0.29) is 21.9 Å². The van der Waals surface area contributed by atoms with Gasteiger partial charge in [0.05, 0.1) is 30.4 Å². The molecule has 0 bridgehead atoms. The summed E-state index contributed by atoms with van der Waals surface area (Å²) in [5.41, 5.74) is 0.466. The number of carbonyl (C=O) groups is 1. The number of rotatable bonds is 6. The topological polar surface area (TPSA) is 125 Å². The maximum Gasteiger partial charge on any atom is 0.340 e. The summed E-state index contributed by atoms with van der Waals surface area (Å²) in [7, 11) is -1.47. The molecule has 3 rings (SSSR count). The summed E-state index contributed by atoms with van der Waals surface area (Å²) in [5.74, 6) is -0.521. The smallest absolute Gasteiger partial charge is 0.340 e. The van der Waals surface area contributed by atoms with Crippen LogP contribution in [0.2, 0.25) is 0 Å². The van der Waals surface area contributed by atoms with Crippen LogP contribution in [0.25, 0.3) is 5.69 Å². The van der Waals surface area contributed by atoms with Crippen molar-refractivity contribution >= 4 is 21.7 Å². The van der Waals surface area contributed by atoms with E-state index in [4.69, 9.17) is 9.47 Å². The highest BCUT2D eigenvalue weighted by Gasteiger charge is 2.23. The second-order valence-electron chi connectivity index (χ2n) is 5.23. The zero-order valence-corrected chi connectivity index (χ0v) is 15.2. The fraction of sp³-hybridized carbons (Fsp3) is 0.125. The van der Waals surface area contributed by atoms with Gasteiger partial charge in [-0.2, -0.15) is 0 Å². The molecule has 1 aromatic heterocycles. The molecule has 0 saturated heterocycles. The van der Waals surface area contributed by atoms with Crippen LogP contribution in [-0.4, -0.2) is 48.8 Å². The Hall–Kier alpha value is -3.47. The minimum absolute atomic E-state index is 0.0142. The fourth-order valence-corrected chi connectivity index (χ4v) is 3.48. The Morgan fingerprint density at radius 2 is 1.93 bits per heavy atom. The van der Waals surface area contributed by atoms with Gasteiger partial charge in [-0.05, 0) is 40.8 Å². The lowest BCUT2D eigenvalue weighted by Crippen LogP contribution is -2.17. The van der Waals surface area contributed by atoms with E-state index in [0.29, 0.717) is 5.69 Å². The number of nitrogens with one attached hydrogen (secondary N) is 1. The minimum atomic E-state index is -4.04. The molecule has 0 amide bonds. The number of methoxy groups -OCH3 is 2. The number of hydrogen-bond donors (Lipinski definition) is 1. The van der Waals surface area contributed by atoms with E-state index >= 15 is 0 Å². The Bertz CT molecular complexity index is 1070. The minimum Gasteiger partial charge on any atom is -0.495 e. The molecule has 0 atom stereocenters. The van der Waals surface area contributed by atoms with Gasteiger partial charge in [0.15, 0.2) is 0 Å². The molecule has 0 unspecified atom stereocenters. The summed E-state index contributed by atoms with van der Waals surface area (Å²) in [5, 5.41) is 10.8. The molecule has 1 heterocycles. The van der Waals surface area contributed by atoms with E-state index in [2.05, 4.69) is 20.2 Å². The fourth-order valence-electron chi connectivity index (χ4n) is 2.35. The molecular weight excluding hydrogens is 374 g/mol. The third kappa shape index (κ3) is 3.72. The molecule has 0 aliphatic heterocycles. The third-order valence-corrected chi connectivity index (χ3v) is 4.98. The van der Waals surface area contributed by atoms with Gasteiger partial charge in [-0.1, -0.05) is 12.1 Å². The zero-order valence-electron chi connectivity index (χ0n) is 14.4. The predicted molar refractivity (Wildman–Crippen MR) is 94.3 cm³/mol. The molecule has 27 heavy (non-hydrogen) atoms. The van der Waals surface area contributed by atoms with Crippen LogP contribution in [-0.2, 0) is 14.8 Å². The Labute approximate surface area is 154 Å². The number of esters is 1. The number of tetrazole rings is 1. The maximum atomic E-state index is 12.9. The van der Waals surface area contributed by atoms with Gasteiger partial charge in [0.2, 0.25) is 0 Å². The van der Waals surface area contributed by atoms with Crippen LogP contribution in [0.4, 0.5) is 5.69 Å². The lowest BCUT2D eigenvalue weighted by Gasteiger charge is -2.15. The SMILES string of the molecule is COC(=O)c1cccc(OC)c1NS(=O)(=O)c1cccc(-n2cnnn2)c1. The second-order valence-corrected chi connectivity index (χ2v) is 6.91. The number of ether oxygens (including phenoxy) is 2. The second kappa shape index (κ2) is 7.41. The molecule has 2 aromatic carbocycles. The first-order valence-electron chi connectivity index (χ1n) is 7.58. The molecule has 0 fully saturated rings. The van der Waals surface area contributed by atoms with Crippen molar-refractivity contribution in [1.82, 2.24) is 20.2 Å². The lowest BCUT2D eigenvalue weighted by molar-refractivity contribution is 0.0601. The van der Waals surface area contributed by atoms with Gasteiger partial charge in [0.1, 0.15) is 17.8 Å². The normalized spacial score (nSPS) is 11.0. The van der Waals surface area contributed by atoms with Gasteiger partial charge < -0.3 is 9.47 Å². The van der Waals surface area contributed by atoms with Crippen LogP contribution in [0.1, 0.15) is 10.4 Å². The van der Waals surface area contributed by atoms with Crippen LogP contribution in [0.3, 0.4) is 0 Å². The standard InChI is InChI=1S/C16H15N5O5S/c1-25-14-8-4-7-13(16(22)26-2)15(14)18-27(23,24)12-6-3-5-11(9-12)21-10-17-19-20-21/h3-10,18H,1-2H3. The van der Waals surface area contributed by atoms with E-state index in [1.165, 1.54) is 49.5 Å². The number of hydrogen-bond acceptors (Lipinski definition) is 8. The first kappa shape index (κ1) is 18.3. The van der Waals surface area contributed by atoms with Crippen LogP contribution < -0.4 is 9.46 Å². The number of sulfonamides is 1. The van der Waals surface area contributed by atoms with Gasteiger partial charge >= 0.3 is 5.97 Å². The molecule has 0 aliphatic rings. The number of anilines is 1. The van der Waals surface area contributed by atoms with Gasteiger partial charge in [0, 0.05) is 0 Å². The largest absolute Gasteiger partial charge is 0.495 e. The van der Waals surface area contributed by atoms with Crippen LogP contribution >= 0.6 is 0 Å². The Balaban J connectivity index is 2.03. The highest BCUT2D eigenvalue weighted by Crippen LogP contribution is 2.31. The van der Waals surface area contributed by atoms with E-state index in [1.54, 1.807) is 18.2 Å². The summed E-state index contributed by atoms with van der Waals surface area (Å²) in [6.07, 6.45) is 1.34. The predicted octanol–water partition coefficient (Wildman–Crippen LogP) is 1.26. The summed E-state index contributed by atoms with van der Waals surface area (Å²) in [6, 6.07) is 10.5. The summed E-state index contributed by atoms with van der Waals surface area (Å²) >= 11 is 0. The maximum absolute atomic E-state index is 12.9. The Morgan fingerprint density at radius 3 is 2.59 bits per heavy atom. The molecule has 3 aromatic rings. The molecule has 140 valence electrons. The first-order valence-corrected chi connectivity index (χ1v) is 9.06. The Kier molecular flexibility index (Phi) is 5.03. The Morgan fingerprint density at radius 1 is 1.15 bits per heavy atom. The van der Waals surface area contributed by atoms with Gasteiger partial charge in [-0.25, -0.2) is 17.9 Å². The van der Waals surface area contributed by atoms with E-state index in [1.807, 2.05) is 0 Å². The van der Waals surface area contributed by atoms with Crippen LogP contribution in [0.5, 0.6) is 5.75 Å². The van der Waals surface area contributed by atoms with Crippen molar-refractivity contribution in [3.8, 4) is 11.4 Å². The van der Waals surface area contributed by atoms with Gasteiger partial charge in [0.25, 0.3) is 10.0 Å². The number of carbonyl (C=O) groups excluding carboxylic acids is 1. The van der Waals surface area contributed by atoms with Gasteiger partial charge in [-0.15, -0.1) is 5.10 Å². The number of nitrogens with zero attached hydrogens (tertiary/aromatic N) is 4. The van der Waals surface area contributed by atoms with Crippen LogP contribution in [0.15, 0.2) is 53.7 Å². The molecule has 0 aliphatic carbocycles. The quantitative estimate of drug-likeness (QED) is 0.625. The third-order valence-electron chi connectivity index (χ3n) is 3.63. The summed E-state index contributed by atoms with van der Waals surface area (Å²) in [4.78, 5) is 12.0. The number of para-hydroxylation sites is 1. The summed E-state index contributed by atoms with van der Waals surface area (Å²) in [6.45, 7) is 0. The molecule has 10 nitrogen and oxygen atoms in total. The molecule has 0 spiro atoms. The van der Waals surface area contributed by atoms with Gasteiger partial charge in [-0.3, -0.25) is 4.72 Å². The van der Waals surface area contributed by atoms with Crippen molar-refractivity contribution < 1.29 is 22.7 Å². The summed E-state index contributed by atoms with van der Waals surface area (Å²) < 4.78 is 39.4. The average molecular weight is 389 g/mol. The van der Waals surface area contributed by atoms with E-state index in [9.17, 15) is 13.2 Å². The van der Waals surface area contributed by atoms with Crippen molar-refractivity contribution in [1.29, 1.82) is 0 Å². The molecular formula is C16H15N5O5S. The molecule has 11 heteroatoms. The monoisotopic (exact) mass is 389 g/mol. The highest BCUT2D eigenvalue weighted by atomic mass is 32.2. The van der Waals surface area contributed by atoms with Crippen LogP contribution in [0, 0.1) is 0 Å². The van der Waals surface area contributed by atoms with Crippen molar-refractivity contribution in [2.75, 3.05) is 18.9 Å². The van der Waals surface area contributed by atoms with Crippen molar-refractivity contribution in [3.63, 3.8) is 0 Å². The average Bonchev–Trinajstić information content (AvgIpc) is 3.22. The molecule has 0 saturated carbocycles. The molecule has 0 radical (unpaired) electrons. The number of aromatic nitrogens is 4. The van der Waals surface area contributed by atoms with E-state index < -0.39 is 16.0 Å². The zero-order chi connectivity index (χ0) is 19.4. The molecule has 1 N–H and O–H groups in total. The highest BCUT2D eigenvalue weighted by molar-refractivity contribution is 7.92.